The quantitative estimate of drug-likeness (QED) is 0.928. The number of hydrogen-bond acceptors (Lipinski definition) is 2. The molecule has 1 amide bonds. The van der Waals surface area contributed by atoms with E-state index in [1.807, 2.05) is 6.92 Å². The van der Waals surface area contributed by atoms with Gasteiger partial charge in [0.25, 0.3) is 0 Å². The van der Waals surface area contributed by atoms with Crippen LogP contribution in [0.3, 0.4) is 0 Å². The summed E-state index contributed by atoms with van der Waals surface area (Å²) in [5.41, 5.74) is 0.260. The third-order valence-electron chi connectivity index (χ3n) is 3.46. The molecule has 3 nitrogen and oxygen atoms in total. The molecule has 0 radical (unpaired) electrons. The second kappa shape index (κ2) is 7.55. The van der Waals surface area contributed by atoms with E-state index in [0.29, 0.717) is 6.54 Å². The van der Waals surface area contributed by atoms with E-state index in [9.17, 15) is 13.6 Å². The third kappa shape index (κ3) is 3.90. The standard InChI is InChI=1S/C14H18F2N2O.ClH/c1-10-9-17-7-8-18(10)13(19)6-5-11-3-2-4-12(15)14(11)16;/h2-4,10,17H,5-9H2,1H3;1H/t10-;/m1./s1. The molecule has 0 saturated carbocycles. The highest BCUT2D eigenvalue weighted by Crippen LogP contribution is 2.14. The molecule has 6 heteroatoms. The molecule has 0 bridgehead atoms. The predicted octanol–water partition coefficient (Wildman–Crippen LogP) is 2.14. The topological polar surface area (TPSA) is 32.3 Å². The number of nitrogens with zero attached hydrogens (tertiary/aromatic N) is 1. The summed E-state index contributed by atoms with van der Waals surface area (Å²) < 4.78 is 26.5. The molecule has 112 valence electrons. The summed E-state index contributed by atoms with van der Waals surface area (Å²) in [5, 5.41) is 3.21. The largest absolute Gasteiger partial charge is 0.337 e. The van der Waals surface area contributed by atoms with Crippen molar-refractivity contribution in [2.24, 2.45) is 0 Å². The van der Waals surface area contributed by atoms with E-state index in [1.54, 1.807) is 4.90 Å². The van der Waals surface area contributed by atoms with Gasteiger partial charge in [0.1, 0.15) is 0 Å². The Morgan fingerprint density at radius 3 is 2.90 bits per heavy atom. The Bertz CT molecular complexity index is 470. The zero-order valence-electron chi connectivity index (χ0n) is 11.4. The molecule has 0 unspecified atom stereocenters. The van der Waals surface area contributed by atoms with Gasteiger partial charge >= 0.3 is 0 Å². The van der Waals surface area contributed by atoms with Crippen LogP contribution < -0.4 is 5.32 Å². The van der Waals surface area contributed by atoms with Crippen LogP contribution in [0.5, 0.6) is 0 Å². The Balaban J connectivity index is 0.00000200. The van der Waals surface area contributed by atoms with E-state index < -0.39 is 11.6 Å². The van der Waals surface area contributed by atoms with E-state index >= 15 is 0 Å². The van der Waals surface area contributed by atoms with Crippen molar-refractivity contribution in [3.05, 3.63) is 35.4 Å². The molecule has 1 saturated heterocycles. The highest BCUT2D eigenvalue weighted by molar-refractivity contribution is 5.85. The van der Waals surface area contributed by atoms with Crippen LogP contribution >= 0.6 is 12.4 Å². The van der Waals surface area contributed by atoms with Crippen LogP contribution in [0.25, 0.3) is 0 Å². The molecule has 0 aromatic heterocycles. The van der Waals surface area contributed by atoms with Gasteiger partial charge in [0.15, 0.2) is 11.6 Å². The minimum atomic E-state index is -0.861. The lowest BCUT2D eigenvalue weighted by molar-refractivity contribution is -0.133. The van der Waals surface area contributed by atoms with Gasteiger partial charge in [-0.25, -0.2) is 8.78 Å². The molecule has 1 aromatic carbocycles. The van der Waals surface area contributed by atoms with E-state index in [2.05, 4.69) is 5.32 Å². The van der Waals surface area contributed by atoms with Crippen molar-refractivity contribution < 1.29 is 13.6 Å². The number of nitrogens with one attached hydrogen (secondary N) is 1. The van der Waals surface area contributed by atoms with Gasteiger partial charge in [-0.3, -0.25) is 4.79 Å². The van der Waals surface area contributed by atoms with Crippen LogP contribution in [0.15, 0.2) is 18.2 Å². The molecule has 1 heterocycles. The van der Waals surface area contributed by atoms with Crippen molar-refractivity contribution >= 4 is 18.3 Å². The first kappa shape index (κ1) is 16.9. The van der Waals surface area contributed by atoms with Gasteiger partial charge in [-0.05, 0) is 25.0 Å². The highest BCUT2D eigenvalue weighted by atomic mass is 35.5. The van der Waals surface area contributed by atoms with Crippen LogP contribution in [0, 0.1) is 11.6 Å². The number of amides is 1. The smallest absolute Gasteiger partial charge is 0.223 e. The van der Waals surface area contributed by atoms with Crippen molar-refractivity contribution in [1.82, 2.24) is 10.2 Å². The van der Waals surface area contributed by atoms with E-state index in [-0.39, 0.29) is 42.8 Å². The summed E-state index contributed by atoms with van der Waals surface area (Å²) in [6.07, 6.45) is 0.448. The van der Waals surface area contributed by atoms with Gasteiger partial charge in [0, 0.05) is 32.1 Å². The van der Waals surface area contributed by atoms with E-state index in [1.165, 1.54) is 12.1 Å². The summed E-state index contributed by atoms with van der Waals surface area (Å²) in [6.45, 7) is 4.21. The molecular formula is C14H19ClF2N2O. The lowest BCUT2D eigenvalue weighted by Crippen LogP contribution is -2.52. The van der Waals surface area contributed by atoms with Gasteiger partial charge < -0.3 is 10.2 Å². The van der Waals surface area contributed by atoms with Gasteiger partial charge in [-0.15, -0.1) is 12.4 Å². The third-order valence-corrected chi connectivity index (χ3v) is 3.46. The number of benzene rings is 1. The molecule has 2 rings (SSSR count). The molecule has 20 heavy (non-hydrogen) atoms. The van der Waals surface area contributed by atoms with Gasteiger partial charge in [-0.2, -0.15) is 0 Å². The first-order valence-electron chi connectivity index (χ1n) is 6.52. The molecule has 1 atom stereocenters. The second-order valence-electron chi connectivity index (χ2n) is 4.85. The maximum Gasteiger partial charge on any atom is 0.223 e. The summed E-state index contributed by atoms with van der Waals surface area (Å²) in [7, 11) is 0. The first-order valence-corrected chi connectivity index (χ1v) is 6.52. The number of carbonyl (C=O) groups is 1. The molecule has 1 aliphatic heterocycles. The number of halogens is 3. The molecule has 0 aliphatic carbocycles. The van der Waals surface area contributed by atoms with Crippen LogP contribution in [-0.4, -0.2) is 36.5 Å². The number of rotatable bonds is 3. The summed E-state index contributed by atoms with van der Waals surface area (Å²) in [6, 6.07) is 4.22. The van der Waals surface area contributed by atoms with Crippen molar-refractivity contribution in [3.63, 3.8) is 0 Å². The molecule has 1 aromatic rings. The molecule has 1 aliphatic rings. The Kier molecular flexibility index (Phi) is 6.36. The van der Waals surface area contributed by atoms with E-state index in [4.69, 9.17) is 0 Å². The van der Waals surface area contributed by atoms with Crippen LogP contribution in [0.4, 0.5) is 8.78 Å². The molecule has 0 spiro atoms. The fraction of sp³-hybridized carbons (Fsp3) is 0.500. The van der Waals surface area contributed by atoms with Gasteiger partial charge in [0.2, 0.25) is 5.91 Å². The average molecular weight is 305 g/mol. The zero-order valence-corrected chi connectivity index (χ0v) is 12.2. The minimum Gasteiger partial charge on any atom is -0.337 e. The number of aryl methyl sites for hydroxylation is 1. The number of piperazine rings is 1. The fourth-order valence-electron chi connectivity index (χ4n) is 2.34. The predicted molar refractivity (Wildman–Crippen MR) is 76.0 cm³/mol. The van der Waals surface area contributed by atoms with Crippen LogP contribution in [-0.2, 0) is 11.2 Å². The average Bonchev–Trinajstić information content (AvgIpc) is 2.40. The Morgan fingerprint density at radius 1 is 1.45 bits per heavy atom. The van der Waals surface area contributed by atoms with E-state index in [0.717, 1.165) is 19.2 Å². The van der Waals surface area contributed by atoms with Gasteiger partial charge in [0.05, 0.1) is 0 Å². The van der Waals surface area contributed by atoms with Crippen molar-refractivity contribution in [2.45, 2.75) is 25.8 Å². The summed E-state index contributed by atoms with van der Waals surface area (Å²) in [5.74, 6) is -1.71. The Morgan fingerprint density at radius 2 is 2.20 bits per heavy atom. The molecular weight excluding hydrogens is 286 g/mol. The van der Waals surface area contributed by atoms with Crippen molar-refractivity contribution in [3.8, 4) is 0 Å². The monoisotopic (exact) mass is 304 g/mol. The number of hydrogen-bond donors (Lipinski definition) is 1. The van der Waals surface area contributed by atoms with Gasteiger partial charge in [-0.1, -0.05) is 12.1 Å². The Labute approximate surface area is 123 Å². The lowest BCUT2D eigenvalue weighted by atomic mass is 10.1. The lowest BCUT2D eigenvalue weighted by Gasteiger charge is -2.34. The normalized spacial score (nSPS) is 18.6. The maximum atomic E-state index is 13.5. The fourth-order valence-corrected chi connectivity index (χ4v) is 2.34. The zero-order chi connectivity index (χ0) is 13.8. The van der Waals surface area contributed by atoms with Crippen LogP contribution in [0.1, 0.15) is 18.9 Å². The van der Waals surface area contributed by atoms with Crippen molar-refractivity contribution in [1.29, 1.82) is 0 Å². The SMILES string of the molecule is C[C@@H]1CNCCN1C(=O)CCc1cccc(F)c1F.Cl. The maximum absolute atomic E-state index is 13.5. The Hall–Kier alpha value is -1.20. The molecule has 1 N–H and O–H groups in total. The summed E-state index contributed by atoms with van der Waals surface area (Å²) in [4.78, 5) is 13.9. The number of carbonyl (C=O) groups excluding carboxylic acids is 1. The van der Waals surface area contributed by atoms with Crippen molar-refractivity contribution in [2.75, 3.05) is 19.6 Å². The van der Waals surface area contributed by atoms with Crippen LogP contribution in [0.2, 0.25) is 0 Å². The minimum absolute atomic E-state index is 0. The summed E-state index contributed by atoms with van der Waals surface area (Å²) >= 11 is 0. The first-order chi connectivity index (χ1) is 9.09. The highest BCUT2D eigenvalue weighted by Gasteiger charge is 2.22. The molecule has 1 fully saturated rings. The second-order valence-corrected chi connectivity index (χ2v) is 4.85.